The van der Waals surface area contributed by atoms with E-state index >= 15 is 0 Å². The summed E-state index contributed by atoms with van der Waals surface area (Å²) in [6.45, 7) is 2.45. The zero-order valence-electron chi connectivity index (χ0n) is 14.9. The molecule has 0 aliphatic rings. The molecule has 0 unspecified atom stereocenters. The summed E-state index contributed by atoms with van der Waals surface area (Å²) in [6.07, 6.45) is 0. The van der Waals surface area contributed by atoms with E-state index in [0.29, 0.717) is 23.4 Å². The lowest BCUT2D eigenvalue weighted by Crippen LogP contribution is -2.06. The van der Waals surface area contributed by atoms with Gasteiger partial charge in [-0.3, -0.25) is 0 Å². The van der Waals surface area contributed by atoms with Gasteiger partial charge in [0.2, 0.25) is 0 Å². The van der Waals surface area contributed by atoms with E-state index in [1.165, 1.54) is 6.07 Å². The summed E-state index contributed by atoms with van der Waals surface area (Å²) in [4.78, 5) is 11.2. The monoisotopic (exact) mass is 365 g/mol. The fourth-order valence-corrected chi connectivity index (χ4v) is 2.78. The average molecular weight is 365 g/mol. The summed E-state index contributed by atoms with van der Waals surface area (Å²) in [5.74, 6) is -0.586. The third-order valence-electron chi connectivity index (χ3n) is 4.30. The number of anilines is 1. The van der Waals surface area contributed by atoms with Crippen LogP contribution in [-0.4, -0.2) is 11.1 Å². The van der Waals surface area contributed by atoms with Gasteiger partial charge in [0.25, 0.3) is 0 Å². The Bertz CT molecular complexity index is 956. The maximum Gasteiger partial charge on any atom is 0.336 e. The fourth-order valence-electron chi connectivity index (χ4n) is 2.78. The molecule has 0 atom stereocenters. The standard InChI is InChI=1S/C22H20FNO3/c1-15-19(22(25)26)9-5-11-21(15)24-13-16-6-4-8-18(12-16)27-14-17-7-2-3-10-20(17)23/h2-12,24H,13-14H2,1H3,(H,25,26). The summed E-state index contributed by atoms with van der Waals surface area (Å²) in [6, 6.07) is 19.2. The molecular weight excluding hydrogens is 345 g/mol. The van der Waals surface area contributed by atoms with Gasteiger partial charge in [0, 0.05) is 17.8 Å². The van der Waals surface area contributed by atoms with Gasteiger partial charge in [0.05, 0.1) is 5.56 Å². The van der Waals surface area contributed by atoms with Crippen LogP contribution in [0.25, 0.3) is 0 Å². The van der Waals surface area contributed by atoms with Crippen molar-refractivity contribution < 1.29 is 19.0 Å². The van der Waals surface area contributed by atoms with Crippen molar-refractivity contribution >= 4 is 11.7 Å². The van der Waals surface area contributed by atoms with Crippen molar-refractivity contribution in [2.45, 2.75) is 20.1 Å². The van der Waals surface area contributed by atoms with Crippen LogP contribution < -0.4 is 10.1 Å². The number of carbonyl (C=O) groups is 1. The first-order valence-electron chi connectivity index (χ1n) is 8.56. The molecule has 0 bridgehead atoms. The highest BCUT2D eigenvalue weighted by Crippen LogP contribution is 2.21. The van der Waals surface area contributed by atoms with Gasteiger partial charge in [-0.15, -0.1) is 0 Å². The summed E-state index contributed by atoms with van der Waals surface area (Å²) in [5.41, 5.74) is 3.22. The Labute approximate surface area is 157 Å². The molecule has 27 heavy (non-hydrogen) atoms. The smallest absolute Gasteiger partial charge is 0.336 e. The molecule has 3 aromatic rings. The van der Waals surface area contributed by atoms with E-state index in [-0.39, 0.29) is 18.0 Å². The zero-order chi connectivity index (χ0) is 19.2. The van der Waals surface area contributed by atoms with Crippen molar-refractivity contribution in [3.8, 4) is 5.75 Å². The van der Waals surface area contributed by atoms with Crippen LogP contribution in [0.2, 0.25) is 0 Å². The minimum Gasteiger partial charge on any atom is -0.489 e. The van der Waals surface area contributed by atoms with Crippen molar-refractivity contribution in [1.29, 1.82) is 0 Å². The Balaban J connectivity index is 1.65. The van der Waals surface area contributed by atoms with Gasteiger partial charge in [0.15, 0.2) is 0 Å². The maximum absolute atomic E-state index is 13.7. The van der Waals surface area contributed by atoms with E-state index in [2.05, 4.69) is 5.32 Å². The van der Waals surface area contributed by atoms with Gasteiger partial charge in [-0.1, -0.05) is 36.4 Å². The lowest BCUT2D eigenvalue weighted by atomic mass is 10.1. The number of nitrogens with one attached hydrogen (secondary N) is 1. The van der Waals surface area contributed by atoms with Crippen LogP contribution in [0.5, 0.6) is 5.75 Å². The lowest BCUT2D eigenvalue weighted by Gasteiger charge is -2.13. The van der Waals surface area contributed by atoms with Crippen molar-refractivity contribution in [2.24, 2.45) is 0 Å². The molecule has 0 fully saturated rings. The molecular formula is C22H20FNO3. The SMILES string of the molecule is Cc1c(NCc2cccc(OCc3ccccc3F)c2)cccc1C(=O)O. The molecule has 0 spiro atoms. The number of hydrogen-bond donors (Lipinski definition) is 2. The molecule has 5 heteroatoms. The van der Waals surface area contributed by atoms with Gasteiger partial charge < -0.3 is 15.2 Å². The van der Waals surface area contributed by atoms with Crippen LogP contribution in [0.15, 0.2) is 66.7 Å². The number of carboxylic acid groups (broad SMARTS) is 1. The second kappa shape index (κ2) is 8.36. The van der Waals surface area contributed by atoms with Crippen molar-refractivity contribution in [2.75, 3.05) is 5.32 Å². The molecule has 0 heterocycles. The van der Waals surface area contributed by atoms with E-state index in [1.54, 1.807) is 37.3 Å². The largest absolute Gasteiger partial charge is 0.489 e. The molecule has 0 aromatic heterocycles. The Morgan fingerprint density at radius 3 is 2.63 bits per heavy atom. The van der Waals surface area contributed by atoms with Crippen molar-refractivity contribution in [1.82, 2.24) is 0 Å². The van der Waals surface area contributed by atoms with Crippen molar-refractivity contribution in [3.05, 3.63) is 94.8 Å². The number of hydrogen-bond acceptors (Lipinski definition) is 3. The first-order chi connectivity index (χ1) is 13.0. The summed E-state index contributed by atoms with van der Waals surface area (Å²) in [5, 5.41) is 12.5. The van der Waals surface area contributed by atoms with Crippen LogP contribution in [0.3, 0.4) is 0 Å². The predicted molar refractivity (Wildman–Crippen MR) is 103 cm³/mol. The van der Waals surface area contributed by atoms with Gasteiger partial charge in [0.1, 0.15) is 18.2 Å². The van der Waals surface area contributed by atoms with E-state index < -0.39 is 5.97 Å². The molecule has 0 saturated heterocycles. The normalized spacial score (nSPS) is 10.4. The topological polar surface area (TPSA) is 58.6 Å². The number of ether oxygens (including phenoxy) is 1. The number of rotatable bonds is 7. The van der Waals surface area contributed by atoms with Gasteiger partial charge in [-0.2, -0.15) is 0 Å². The molecule has 0 aliphatic carbocycles. The number of aromatic carboxylic acids is 1. The highest BCUT2D eigenvalue weighted by atomic mass is 19.1. The second-order valence-corrected chi connectivity index (χ2v) is 6.16. The highest BCUT2D eigenvalue weighted by molar-refractivity contribution is 5.91. The van der Waals surface area contributed by atoms with Crippen molar-refractivity contribution in [3.63, 3.8) is 0 Å². The minimum atomic E-state index is -0.945. The average Bonchev–Trinajstić information content (AvgIpc) is 2.67. The van der Waals surface area contributed by atoms with E-state index in [0.717, 1.165) is 11.3 Å². The molecule has 138 valence electrons. The van der Waals surface area contributed by atoms with Crippen LogP contribution in [0.4, 0.5) is 10.1 Å². The Kier molecular flexibility index (Phi) is 5.71. The van der Waals surface area contributed by atoms with Crippen LogP contribution in [0.1, 0.15) is 27.0 Å². The first kappa shape index (κ1) is 18.5. The predicted octanol–water partition coefficient (Wildman–Crippen LogP) is 5.02. The third kappa shape index (κ3) is 4.64. The quantitative estimate of drug-likeness (QED) is 0.617. The molecule has 0 aliphatic heterocycles. The maximum atomic E-state index is 13.7. The van der Waals surface area contributed by atoms with E-state index in [4.69, 9.17) is 4.74 Å². The third-order valence-corrected chi connectivity index (χ3v) is 4.30. The molecule has 0 radical (unpaired) electrons. The van der Waals surface area contributed by atoms with Gasteiger partial charge in [-0.25, -0.2) is 9.18 Å². The Hall–Kier alpha value is -3.34. The summed E-state index contributed by atoms with van der Waals surface area (Å²) < 4.78 is 19.4. The van der Waals surface area contributed by atoms with Gasteiger partial charge >= 0.3 is 5.97 Å². The fraction of sp³-hybridized carbons (Fsp3) is 0.136. The Morgan fingerprint density at radius 1 is 1.07 bits per heavy atom. The van der Waals surface area contributed by atoms with Crippen LogP contribution in [-0.2, 0) is 13.2 Å². The molecule has 0 amide bonds. The Morgan fingerprint density at radius 2 is 1.85 bits per heavy atom. The molecule has 2 N–H and O–H groups in total. The van der Waals surface area contributed by atoms with E-state index in [1.807, 2.05) is 30.3 Å². The minimum absolute atomic E-state index is 0.156. The lowest BCUT2D eigenvalue weighted by molar-refractivity contribution is 0.0696. The summed E-state index contributed by atoms with van der Waals surface area (Å²) in [7, 11) is 0. The molecule has 4 nitrogen and oxygen atoms in total. The second-order valence-electron chi connectivity index (χ2n) is 6.16. The molecule has 0 saturated carbocycles. The van der Waals surface area contributed by atoms with Crippen LogP contribution >= 0.6 is 0 Å². The van der Waals surface area contributed by atoms with E-state index in [9.17, 15) is 14.3 Å². The first-order valence-corrected chi connectivity index (χ1v) is 8.56. The summed E-state index contributed by atoms with van der Waals surface area (Å²) >= 11 is 0. The number of benzene rings is 3. The van der Waals surface area contributed by atoms with Crippen LogP contribution in [0, 0.1) is 12.7 Å². The highest BCUT2D eigenvalue weighted by Gasteiger charge is 2.10. The zero-order valence-corrected chi connectivity index (χ0v) is 14.9. The number of carboxylic acids is 1. The molecule has 3 rings (SSSR count). The molecule has 3 aromatic carbocycles. The number of halogens is 1. The van der Waals surface area contributed by atoms with Gasteiger partial charge in [-0.05, 0) is 48.4 Å².